The molecule has 34 heavy (non-hydrogen) atoms. The first-order valence-electron chi connectivity index (χ1n) is 12.2. The van der Waals surface area contributed by atoms with Crippen molar-refractivity contribution in [2.45, 2.75) is 39.8 Å². The van der Waals surface area contributed by atoms with Gasteiger partial charge in [-0.1, -0.05) is 62.4 Å². The molecule has 0 N–H and O–H groups in total. The van der Waals surface area contributed by atoms with Crippen LogP contribution in [0.1, 0.15) is 42.4 Å². The molecule has 5 heteroatoms. The monoisotopic (exact) mass is 460 g/mol. The highest BCUT2D eigenvalue weighted by atomic mass is 16.5. The van der Waals surface area contributed by atoms with Gasteiger partial charge in [0.25, 0.3) is 0 Å². The summed E-state index contributed by atoms with van der Waals surface area (Å²) in [5, 5.41) is 0. The number of ether oxygens (including phenoxy) is 1. The quantitative estimate of drug-likeness (QED) is 0.423. The number of para-hydroxylation sites is 1. The maximum Gasteiger partial charge on any atom is 0.225 e. The van der Waals surface area contributed by atoms with Gasteiger partial charge < -0.3 is 14.1 Å². The Labute approximate surface area is 203 Å². The number of hydrogen-bond donors (Lipinski definition) is 0. The number of amides is 1. The fourth-order valence-electron chi connectivity index (χ4n) is 5.07. The molecule has 1 aliphatic rings. The number of carbonyl (C=O) groups excluding carboxylic acids is 1. The van der Waals surface area contributed by atoms with E-state index in [0.717, 1.165) is 42.5 Å². The Morgan fingerprint density at radius 3 is 2.47 bits per heavy atom. The number of nitrogens with zero attached hydrogens (tertiary/aromatic N) is 2. The Bertz CT molecular complexity index is 1080. The lowest BCUT2D eigenvalue weighted by Crippen LogP contribution is -2.39. The normalized spacial score (nSPS) is 18.4. The number of aryl methyl sites for hydroxylation is 1. The second-order valence-corrected chi connectivity index (χ2v) is 9.67. The molecule has 0 radical (unpaired) electrons. The van der Waals surface area contributed by atoms with E-state index < -0.39 is 0 Å². The molecule has 0 spiro atoms. The van der Waals surface area contributed by atoms with Gasteiger partial charge in [0.15, 0.2) is 0 Å². The first kappa shape index (κ1) is 24.1. The second-order valence-electron chi connectivity index (χ2n) is 9.67. The summed E-state index contributed by atoms with van der Waals surface area (Å²) in [6, 6.07) is 22.6. The van der Waals surface area contributed by atoms with Crippen LogP contribution in [-0.2, 0) is 17.9 Å². The lowest BCUT2D eigenvalue weighted by Gasteiger charge is -2.30. The van der Waals surface area contributed by atoms with Gasteiger partial charge in [0.2, 0.25) is 5.91 Å². The number of hydrogen-bond acceptors (Lipinski definition) is 4. The Balaban J connectivity index is 1.60. The van der Waals surface area contributed by atoms with E-state index >= 15 is 0 Å². The van der Waals surface area contributed by atoms with Crippen LogP contribution in [0.15, 0.2) is 71.1 Å². The molecule has 0 saturated carbocycles. The van der Waals surface area contributed by atoms with Gasteiger partial charge in [0.1, 0.15) is 17.3 Å². The van der Waals surface area contributed by atoms with Crippen LogP contribution >= 0.6 is 0 Å². The van der Waals surface area contributed by atoms with Crippen molar-refractivity contribution in [3.8, 4) is 5.75 Å². The molecule has 3 aromatic rings. The van der Waals surface area contributed by atoms with Crippen molar-refractivity contribution >= 4 is 5.91 Å². The average molecular weight is 461 g/mol. The zero-order valence-corrected chi connectivity index (χ0v) is 20.7. The Kier molecular flexibility index (Phi) is 7.73. The van der Waals surface area contributed by atoms with E-state index in [1.807, 2.05) is 62.1 Å². The van der Waals surface area contributed by atoms with Crippen molar-refractivity contribution in [3.63, 3.8) is 0 Å². The Hall–Kier alpha value is -3.05. The summed E-state index contributed by atoms with van der Waals surface area (Å²) < 4.78 is 11.6. The molecule has 1 fully saturated rings. The van der Waals surface area contributed by atoms with Crippen LogP contribution in [0.5, 0.6) is 5.75 Å². The van der Waals surface area contributed by atoms with Crippen molar-refractivity contribution < 1.29 is 13.9 Å². The van der Waals surface area contributed by atoms with Gasteiger partial charge in [-0.15, -0.1) is 0 Å². The molecular formula is C29H36N2O3. The van der Waals surface area contributed by atoms with E-state index in [9.17, 15) is 4.79 Å². The van der Waals surface area contributed by atoms with Gasteiger partial charge in [-0.2, -0.15) is 0 Å². The summed E-state index contributed by atoms with van der Waals surface area (Å²) in [5.41, 5.74) is 2.37. The van der Waals surface area contributed by atoms with E-state index in [1.165, 1.54) is 5.56 Å². The largest absolute Gasteiger partial charge is 0.496 e. The molecule has 2 heterocycles. The van der Waals surface area contributed by atoms with Crippen LogP contribution in [0.3, 0.4) is 0 Å². The maximum absolute atomic E-state index is 13.2. The molecule has 0 aliphatic carbocycles. The molecular weight excluding hydrogens is 424 g/mol. The molecule has 4 rings (SSSR count). The van der Waals surface area contributed by atoms with Gasteiger partial charge in [0.05, 0.1) is 13.7 Å². The standard InChI is InChI=1S/C29H36N2O3/c1-21(2)29(32)31(16-23-10-6-5-7-11-23)18-24-17-30(19-25-15-14-22(3)34-25)20-27(24)26-12-8-9-13-28(26)33-4/h5-15,21,24,27H,16-20H2,1-4H3/t24-,27-/m0/s1. The van der Waals surface area contributed by atoms with E-state index in [1.54, 1.807) is 7.11 Å². The van der Waals surface area contributed by atoms with E-state index in [0.29, 0.717) is 19.0 Å². The van der Waals surface area contributed by atoms with Crippen LogP contribution in [0.2, 0.25) is 0 Å². The molecule has 1 saturated heterocycles. The van der Waals surface area contributed by atoms with E-state index in [2.05, 4.69) is 35.2 Å². The van der Waals surface area contributed by atoms with E-state index in [4.69, 9.17) is 9.15 Å². The van der Waals surface area contributed by atoms with Crippen molar-refractivity contribution in [1.29, 1.82) is 0 Å². The summed E-state index contributed by atoms with van der Waals surface area (Å²) in [4.78, 5) is 17.7. The third kappa shape index (κ3) is 5.71. The number of carbonyl (C=O) groups is 1. The highest BCUT2D eigenvalue weighted by molar-refractivity contribution is 5.78. The SMILES string of the molecule is COc1ccccc1[C@H]1CN(Cc2ccc(C)o2)C[C@H]1CN(Cc1ccccc1)C(=O)C(C)C. The van der Waals surface area contributed by atoms with Gasteiger partial charge in [-0.25, -0.2) is 0 Å². The number of methoxy groups -OCH3 is 1. The summed E-state index contributed by atoms with van der Waals surface area (Å²) in [6.07, 6.45) is 0. The molecule has 2 atom stereocenters. The van der Waals surface area contributed by atoms with Gasteiger partial charge in [0, 0.05) is 38.0 Å². The third-order valence-corrected chi connectivity index (χ3v) is 6.71. The zero-order chi connectivity index (χ0) is 24.1. The number of rotatable bonds is 9. The molecule has 0 bridgehead atoms. The van der Waals surface area contributed by atoms with E-state index in [-0.39, 0.29) is 17.7 Å². The molecule has 0 unspecified atom stereocenters. The first-order chi connectivity index (χ1) is 16.4. The highest BCUT2D eigenvalue weighted by Gasteiger charge is 2.37. The molecule has 1 aliphatic heterocycles. The molecule has 180 valence electrons. The molecule has 1 amide bonds. The van der Waals surface area contributed by atoms with Crippen molar-refractivity contribution in [2.24, 2.45) is 11.8 Å². The average Bonchev–Trinajstić information content (AvgIpc) is 3.44. The summed E-state index contributed by atoms with van der Waals surface area (Å²) in [7, 11) is 1.73. The summed E-state index contributed by atoms with van der Waals surface area (Å²) in [6.45, 7) is 9.86. The molecule has 1 aromatic heterocycles. The van der Waals surface area contributed by atoms with Crippen LogP contribution in [0, 0.1) is 18.8 Å². The number of benzene rings is 2. The van der Waals surface area contributed by atoms with Crippen LogP contribution in [0.4, 0.5) is 0 Å². The summed E-state index contributed by atoms with van der Waals surface area (Å²) >= 11 is 0. The van der Waals surface area contributed by atoms with Gasteiger partial charge in [-0.3, -0.25) is 9.69 Å². The predicted molar refractivity (Wildman–Crippen MR) is 135 cm³/mol. The van der Waals surface area contributed by atoms with Crippen LogP contribution in [-0.4, -0.2) is 42.5 Å². The lowest BCUT2D eigenvalue weighted by molar-refractivity contribution is -0.135. The topological polar surface area (TPSA) is 45.9 Å². The van der Waals surface area contributed by atoms with Crippen LogP contribution < -0.4 is 4.74 Å². The second kappa shape index (κ2) is 10.9. The van der Waals surface area contributed by atoms with Gasteiger partial charge >= 0.3 is 0 Å². The number of furan rings is 1. The Morgan fingerprint density at radius 2 is 1.79 bits per heavy atom. The minimum absolute atomic E-state index is 0.0444. The summed E-state index contributed by atoms with van der Waals surface area (Å²) in [5.74, 6) is 3.54. The zero-order valence-electron chi connectivity index (χ0n) is 20.7. The Morgan fingerprint density at radius 1 is 1.06 bits per heavy atom. The van der Waals surface area contributed by atoms with Crippen molar-refractivity contribution in [1.82, 2.24) is 9.80 Å². The number of likely N-dealkylation sites (tertiary alicyclic amines) is 1. The van der Waals surface area contributed by atoms with Crippen LogP contribution in [0.25, 0.3) is 0 Å². The minimum atomic E-state index is -0.0444. The van der Waals surface area contributed by atoms with Gasteiger partial charge in [-0.05, 0) is 42.2 Å². The molecule has 5 nitrogen and oxygen atoms in total. The predicted octanol–water partition coefficient (Wildman–Crippen LogP) is 5.50. The maximum atomic E-state index is 13.2. The lowest BCUT2D eigenvalue weighted by atomic mass is 9.87. The highest BCUT2D eigenvalue weighted by Crippen LogP contribution is 2.38. The minimum Gasteiger partial charge on any atom is -0.496 e. The fourth-order valence-corrected chi connectivity index (χ4v) is 5.07. The van der Waals surface area contributed by atoms with Crippen molar-refractivity contribution in [3.05, 3.63) is 89.4 Å². The van der Waals surface area contributed by atoms with Crippen molar-refractivity contribution in [2.75, 3.05) is 26.7 Å². The fraction of sp³-hybridized carbons (Fsp3) is 0.414. The third-order valence-electron chi connectivity index (χ3n) is 6.71. The smallest absolute Gasteiger partial charge is 0.225 e. The first-order valence-corrected chi connectivity index (χ1v) is 12.2. The molecule has 2 aromatic carbocycles.